The second-order valence-corrected chi connectivity index (χ2v) is 7.34. The van der Waals surface area contributed by atoms with Gasteiger partial charge in [-0.05, 0) is 24.3 Å². The first-order valence-corrected chi connectivity index (χ1v) is 9.85. The predicted molar refractivity (Wildman–Crippen MR) is 123 cm³/mol. The maximum absolute atomic E-state index is 13.3. The first-order valence-electron chi connectivity index (χ1n) is 9.09. The van der Waals surface area contributed by atoms with Gasteiger partial charge in [-0.3, -0.25) is 9.36 Å². The molecule has 31 heavy (non-hydrogen) atoms. The summed E-state index contributed by atoms with van der Waals surface area (Å²) in [5, 5.41) is 3.84. The summed E-state index contributed by atoms with van der Waals surface area (Å²) in [6.45, 7) is 0.330. The van der Waals surface area contributed by atoms with Crippen molar-refractivity contribution in [2.75, 3.05) is 29.1 Å². The molecular weight excluding hydrogens is 441 g/mol. The van der Waals surface area contributed by atoms with Crippen LogP contribution in [0.4, 0.5) is 23.4 Å². The van der Waals surface area contributed by atoms with Crippen molar-refractivity contribution < 1.29 is 0 Å². The summed E-state index contributed by atoms with van der Waals surface area (Å²) in [6.07, 6.45) is 1.84. The zero-order chi connectivity index (χ0) is 22.1. The molecule has 0 radical (unpaired) electrons. The molecule has 3 heterocycles. The third-order valence-electron chi connectivity index (χ3n) is 4.48. The average Bonchev–Trinajstić information content (AvgIpc) is 2.72. The average molecular weight is 458 g/mol. The van der Waals surface area contributed by atoms with Crippen LogP contribution in [0.1, 0.15) is 5.82 Å². The Bertz CT molecular complexity index is 1340. The molecule has 0 saturated carbocycles. The van der Waals surface area contributed by atoms with E-state index in [0.29, 0.717) is 52.0 Å². The van der Waals surface area contributed by atoms with E-state index >= 15 is 0 Å². The summed E-state index contributed by atoms with van der Waals surface area (Å²) in [6, 6.07) is 8.40. The van der Waals surface area contributed by atoms with Gasteiger partial charge in [0.15, 0.2) is 5.82 Å². The fraction of sp³-hybridized carbons (Fsp3) is 0.105. The number of aromatic nitrogens is 5. The molecule has 0 fully saturated rings. The van der Waals surface area contributed by atoms with E-state index in [1.54, 1.807) is 30.3 Å². The molecule has 0 aliphatic carbocycles. The molecule has 4 aromatic rings. The summed E-state index contributed by atoms with van der Waals surface area (Å²) >= 11 is 12.4. The van der Waals surface area contributed by atoms with Gasteiger partial charge in [-0.1, -0.05) is 29.3 Å². The second kappa shape index (κ2) is 8.25. The lowest BCUT2D eigenvalue weighted by Gasteiger charge is -2.15. The Balaban J connectivity index is 1.75. The van der Waals surface area contributed by atoms with Gasteiger partial charge < -0.3 is 22.5 Å². The van der Waals surface area contributed by atoms with Crippen LogP contribution in [0.3, 0.4) is 0 Å². The second-order valence-electron chi connectivity index (χ2n) is 6.55. The van der Waals surface area contributed by atoms with Crippen molar-refractivity contribution >= 4 is 57.5 Å². The van der Waals surface area contributed by atoms with Crippen molar-refractivity contribution in [3.05, 3.63) is 62.8 Å². The van der Waals surface area contributed by atoms with Crippen LogP contribution >= 0.6 is 23.2 Å². The molecule has 0 spiro atoms. The first kappa shape index (κ1) is 20.6. The zero-order valence-corrected chi connectivity index (χ0v) is 17.5. The van der Waals surface area contributed by atoms with Gasteiger partial charge in [-0.2, -0.15) is 9.97 Å². The van der Waals surface area contributed by atoms with Gasteiger partial charge >= 0.3 is 0 Å². The Morgan fingerprint density at radius 3 is 2.58 bits per heavy atom. The van der Waals surface area contributed by atoms with Crippen molar-refractivity contribution in [1.29, 1.82) is 0 Å². The molecule has 1 aromatic carbocycles. The molecule has 0 aliphatic heterocycles. The van der Waals surface area contributed by atoms with Gasteiger partial charge in [0.05, 0.1) is 27.8 Å². The topological polar surface area (TPSA) is 164 Å². The molecule has 158 valence electrons. The number of rotatable bonds is 5. The first-order chi connectivity index (χ1) is 14.8. The number of pyridine rings is 1. The van der Waals surface area contributed by atoms with E-state index in [1.165, 1.54) is 10.8 Å². The minimum atomic E-state index is -0.314. The maximum Gasteiger partial charge on any atom is 0.267 e. The molecule has 0 unspecified atom stereocenters. The van der Waals surface area contributed by atoms with Gasteiger partial charge in [0, 0.05) is 13.0 Å². The Labute approximate surface area is 186 Å². The van der Waals surface area contributed by atoms with Crippen LogP contribution in [0.15, 0.2) is 41.3 Å². The van der Waals surface area contributed by atoms with Crippen molar-refractivity contribution in [2.24, 2.45) is 0 Å². The minimum absolute atomic E-state index is 0.00673. The normalized spacial score (nSPS) is 11.0. The number of fused-ring (bicyclic) bond motifs is 1. The third-order valence-corrected chi connectivity index (χ3v) is 5.17. The van der Waals surface area contributed by atoms with Crippen molar-refractivity contribution in [3.63, 3.8) is 0 Å². The van der Waals surface area contributed by atoms with Crippen LogP contribution < -0.4 is 28.1 Å². The number of nitrogen functional groups attached to an aromatic ring is 3. The van der Waals surface area contributed by atoms with Gasteiger partial charge in [0.25, 0.3) is 5.56 Å². The molecule has 0 atom stereocenters. The lowest BCUT2D eigenvalue weighted by atomic mass is 10.2. The van der Waals surface area contributed by atoms with Crippen LogP contribution in [0, 0.1) is 0 Å². The largest absolute Gasteiger partial charge is 0.384 e. The van der Waals surface area contributed by atoms with Gasteiger partial charge in [0.2, 0.25) is 5.95 Å². The number of benzene rings is 1. The number of nitrogens with zero attached hydrogens (tertiary/aromatic N) is 5. The van der Waals surface area contributed by atoms with Gasteiger partial charge in [-0.25, -0.2) is 9.97 Å². The smallest absolute Gasteiger partial charge is 0.267 e. The Hall–Kier alpha value is -3.63. The van der Waals surface area contributed by atoms with E-state index in [4.69, 9.17) is 40.4 Å². The number of nitrogens with one attached hydrogen (secondary N) is 1. The monoisotopic (exact) mass is 457 g/mol. The van der Waals surface area contributed by atoms with E-state index in [1.807, 2.05) is 0 Å². The molecule has 0 aliphatic rings. The maximum atomic E-state index is 13.3. The Morgan fingerprint density at radius 1 is 1.03 bits per heavy atom. The SMILES string of the molecule is Nc1ccc(-n2c(CCNc3nc(N)nc(N)c3Cl)nc3cccc(Cl)c3c2=O)cn1. The number of hydrogen-bond acceptors (Lipinski definition) is 9. The lowest BCUT2D eigenvalue weighted by molar-refractivity contribution is 0.807. The summed E-state index contributed by atoms with van der Waals surface area (Å²) < 4.78 is 1.45. The zero-order valence-electron chi connectivity index (χ0n) is 16.0. The number of nitrogens with two attached hydrogens (primary N) is 3. The molecule has 0 saturated heterocycles. The lowest BCUT2D eigenvalue weighted by Crippen LogP contribution is -2.26. The molecule has 0 amide bonds. The van der Waals surface area contributed by atoms with Gasteiger partial charge in [0.1, 0.15) is 22.5 Å². The highest BCUT2D eigenvalue weighted by Gasteiger charge is 2.16. The highest BCUT2D eigenvalue weighted by molar-refractivity contribution is 6.35. The van der Waals surface area contributed by atoms with Crippen LogP contribution in [0.5, 0.6) is 0 Å². The quantitative estimate of drug-likeness (QED) is 0.351. The van der Waals surface area contributed by atoms with E-state index < -0.39 is 0 Å². The highest BCUT2D eigenvalue weighted by Crippen LogP contribution is 2.25. The fourth-order valence-electron chi connectivity index (χ4n) is 3.09. The molecule has 3 aromatic heterocycles. The summed E-state index contributed by atoms with van der Waals surface area (Å²) in [5.74, 6) is 1.16. The third kappa shape index (κ3) is 4.03. The van der Waals surface area contributed by atoms with Crippen LogP contribution in [-0.4, -0.2) is 31.0 Å². The fourth-order valence-corrected chi connectivity index (χ4v) is 3.49. The minimum Gasteiger partial charge on any atom is -0.384 e. The molecule has 4 rings (SSSR count). The van der Waals surface area contributed by atoms with Crippen molar-refractivity contribution in [1.82, 2.24) is 24.5 Å². The van der Waals surface area contributed by atoms with Crippen LogP contribution in [0.2, 0.25) is 10.0 Å². The van der Waals surface area contributed by atoms with Crippen molar-refractivity contribution in [3.8, 4) is 5.69 Å². The molecule has 0 bridgehead atoms. The van der Waals surface area contributed by atoms with E-state index in [2.05, 4.69) is 25.3 Å². The standard InChI is InChI=1S/C19H17Cl2N9O/c20-10-2-1-3-11-14(10)18(31)30(9-4-5-12(22)26-8-9)13(27-11)6-7-25-17-15(21)16(23)28-19(24)29-17/h1-5,8H,6-7H2,(H2,22,26)(H5,23,24,25,28,29). The Kier molecular flexibility index (Phi) is 5.49. The Morgan fingerprint density at radius 2 is 1.84 bits per heavy atom. The predicted octanol–water partition coefficient (Wildman–Crippen LogP) is 2.28. The molecule has 12 heteroatoms. The van der Waals surface area contributed by atoms with Crippen LogP contribution in [-0.2, 0) is 6.42 Å². The summed E-state index contributed by atoms with van der Waals surface area (Å²) in [5.41, 5.74) is 17.7. The summed E-state index contributed by atoms with van der Waals surface area (Å²) in [7, 11) is 0. The van der Waals surface area contributed by atoms with E-state index in [0.717, 1.165) is 0 Å². The molecular formula is C19H17Cl2N9O. The number of hydrogen-bond donors (Lipinski definition) is 4. The van der Waals surface area contributed by atoms with Crippen molar-refractivity contribution in [2.45, 2.75) is 6.42 Å². The molecule has 10 nitrogen and oxygen atoms in total. The summed E-state index contributed by atoms with van der Waals surface area (Å²) in [4.78, 5) is 29.9. The van der Waals surface area contributed by atoms with E-state index in [-0.39, 0.29) is 22.3 Å². The van der Waals surface area contributed by atoms with Gasteiger partial charge in [-0.15, -0.1) is 0 Å². The number of anilines is 4. The molecule has 7 N–H and O–H groups in total. The highest BCUT2D eigenvalue weighted by atomic mass is 35.5. The van der Waals surface area contributed by atoms with E-state index in [9.17, 15) is 4.79 Å². The van der Waals surface area contributed by atoms with Crippen LogP contribution in [0.25, 0.3) is 16.6 Å². The number of halogens is 2.